The molecule has 0 aliphatic carbocycles. The summed E-state index contributed by atoms with van der Waals surface area (Å²) < 4.78 is 0. The maximum absolute atomic E-state index is 11.6. The number of carboxylic acid groups (broad SMARTS) is 1. The SMILES string of the molecule is CCCc1cc(N2CCC(NCC(O)c3ccnc(Cl)c3Cl)CC2)nc2sc(C(=O)O)c(N)c12. The van der Waals surface area contributed by atoms with Crippen LogP contribution in [0.2, 0.25) is 10.2 Å². The summed E-state index contributed by atoms with van der Waals surface area (Å²) in [6.07, 6.45) is 4.25. The Kier molecular flexibility index (Phi) is 7.79. The molecule has 0 bridgehead atoms. The summed E-state index contributed by atoms with van der Waals surface area (Å²) in [4.78, 5) is 23.3. The molecule has 5 N–H and O–H groups in total. The number of halogens is 2. The molecular formula is C23H27Cl2N5O3S. The summed E-state index contributed by atoms with van der Waals surface area (Å²) in [6.45, 7) is 4.05. The molecule has 0 aromatic carbocycles. The molecule has 0 radical (unpaired) electrons. The number of nitrogens with two attached hydrogens (primary N) is 1. The van der Waals surface area contributed by atoms with Gasteiger partial charge >= 0.3 is 5.97 Å². The number of thiophene rings is 1. The second-order valence-electron chi connectivity index (χ2n) is 8.41. The van der Waals surface area contributed by atoms with Crippen LogP contribution >= 0.6 is 34.5 Å². The maximum atomic E-state index is 11.6. The van der Waals surface area contributed by atoms with Crippen molar-refractivity contribution in [1.82, 2.24) is 15.3 Å². The number of rotatable bonds is 8. The second-order valence-corrected chi connectivity index (χ2v) is 10.1. The number of aliphatic hydroxyl groups is 1. The first-order chi connectivity index (χ1) is 16.3. The smallest absolute Gasteiger partial charge is 0.348 e. The molecule has 182 valence electrons. The van der Waals surface area contributed by atoms with Crippen molar-refractivity contribution >= 4 is 62.2 Å². The topological polar surface area (TPSA) is 125 Å². The highest BCUT2D eigenvalue weighted by Crippen LogP contribution is 2.37. The molecule has 1 fully saturated rings. The first kappa shape index (κ1) is 24.9. The standard InChI is InChI=1S/C23H27Cl2N5O3S/c1-2-3-12-10-16(29-22-17(12)19(26)20(34-22)23(32)33)30-8-5-13(6-9-30)28-11-15(31)14-4-7-27-21(25)18(14)24/h4,7,10,13,15,28,31H,2-3,5-6,8-9,11,26H2,1H3,(H,32,33). The van der Waals surface area contributed by atoms with Gasteiger partial charge in [0.15, 0.2) is 0 Å². The largest absolute Gasteiger partial charge is 0.477 e. The molecule has 1 saturated heterocycles. The molecule has 1 aliphatic rings. The van der Waals surface area contributed by atoms with Crippen molar-refractivity contribution in [3.8, 4) is 0 Å². The van der Waals surface area contributed by atoms with Crippen LogP contribution in [0.4, 0.5) is 11.5 Å². The number of hydrogen-bond acceptors (Lipinski definition) is 8. The predicted octanol–water partition coefficient (Wildman–Crippen LogP) is 4.52. The normalized spacial score (nSPS) is 15.7. The number of fused-ring (bicyclic) bond motifs is 1. The summed E-state index contributed by atoms with van der Waals surface area (Å²) >= 11 is 13.3. The zero-order chi connectivity index (χ0) is 24.4. The fraction of sp³-hybridized carbons (Fsp3) is 0.435. The number of hydrogen-bond donors (Lipinski definition) is 4. The quantitative estimate of drug-likeness (QED) is 0.317. The third-order valence-electron chi connectivity index (χ3n) is 6.14. The van der Waals surface area contributed by atoms with Crippen molar-refractivity contribution in [2.45, 2.75) is 44.8 Å². The van der Waals surface area contributed by atoms with Crippen molar-refractivity contribution in [1.29, 1.82) is 0 Å². The Labute approximate surface area is 211 Å². The van der Waals surface area contributed by atoms with Gasteiger partial charge in [-0.25, -0.2) is 14.8 Å². The number of nitrogen functional groups attached to an aromatic ring is 1. The molecule has 3 aromatic heterocycles. The predicted molar refractivity (Wildman–Crippen MR) is 137 cm³/mol. The Balaban J connectivity index is 1.43. The van der Waals surface area contributed by atoms with Crippen LogP contribution < -0.4 is 16.0 Å². The molecule has 3 aromatic rings. The number of pyridine rings is 2. The zero-order valence-electron chi connectivity index (χ0n) is 18.7. The van der Waals surface area contributed by atoms with Gasteiger partial charge in [0.2, 0.25) is 0 Å². The number of aromatic nitrogens is 2. The lowest BCUT2D eigenvalue weighted by molar-refractivity contribution is 0.0703. The molecule has 4 rings (SSSR count). The van der Waals surface area contributed by atoms with Gasteiger partial charge in [0, 0.05) is 42.8 Å². The third-order valence-corrected chi connectivity index (χ3v) is 8.00. The minimum atomic E-state index is -1.02. The molecule has 1 aliphatic heterocycles. The Hall–Kier alpha value is -2.17. The molecular weight excluding hydrogens is 497 g/mol. The fourth-order valence-corrected chi connectivity index (χ4v) is 5.74. The molecule has 0 amide bonds. The highest BCUT2D eigenvalue weighted by Gasteiger charge is 2.25. The highest BCUT2D eigenvalue weighted by atomic mass is 35.5. The first-order valence-corrected chi connectivity index (χ1v) is 12.8. The van der Waals surface area contributed by atoms with Crippen LogP contribution in [0.3, 0.4) is 0 Å². The molecule has 1 unspecified atom stereocenters. The minimum Gasteiger partial charge on any atom is -0.477 e. The number of carbonyl (C=O) groups is 1. The lowest BCUT2D eigenvalue weighted by atomic mass is 10.0. The Morgan fingerprint density at radius 1 is 1.38 bits per heavy atom. The van der Waals surface area contributed by atoms with Crippen LogP contribution in [0, 0.1) is 0 Å². The highest BCUT2D eigenvalue weighted by molar-refractivity contribution is 7.21. The lowest BCUT2D eigenvalue weighted by Crippen LogP contribution is -2.44. The van der Waals surface area contributed by atoms with E-state index in [2.05, 4.69) is 22.1 Å². The van der Waals surface area contributed by atoms with E-state index in [-0.39, 0.29) is 21.1 Å². The number of anilines is 2. The number of nitrogens with one attached hydrogen (secondary N) is 1. The zero-order valence-corrected chi connectivity index (χ0v) is 21.1. The molecule has 34 heavy (non-hydrogen) atoms. The van der Waals surface area contributed by atoms with Crippen molar-refractivity contribution in [3.63, 3.8) is 0 Å². The van der Waals surface area contributed by atoms with Crippen LogP contribution in [0.1, 0.15) is 53.1 Å². The van der Waals surface area contributed by atoms with E-state index < -0.39 is 12.1 Å². The number of aryl methyl sites for hydroxylation is 1. The third kappa shape index (κ3) is 5.08. The number of nitrogens with zero attached hydrogens (tertiary/aromatic N) is 3. The van der Waals surface area contributed by atoms with Crippen LogP contribution in [-0.4, -0.2) is 51.8 Å². The molecule has 0 spiro atoms. The van der Waals surface area contributed by atoms with Gasteiger partial charge in [-0.15, -0.1) is 11.3 Å². The number of aromatic carboxylic acids is 1. The van der Waals surface area contributed by atoms with E-state index >= 15 is 0 Å². The number of aliphatic hydroxyl groups excluding tert-OH is 1. The van der Waals surface area contributed by atoms with E-state index in [9.17, 15) is 15.0 Å². The number of piperidine rings is 1. The van der Waals surface area contributed by atoms with E-state index in [4.69, 9.17) is 33.9 Å². The summed E-state index contributed by atoms with van der Waals surface area (Å²) in [5.41, 5.74) is 8.08. The maximum Gasteiger partial charge on any atom is 0.348 e. The van der Waals surface area contributed by atoms with Gasteiger partial charge < -0.3 is 26.2 Å². The Morgan fingerprint density at radius 2 is 2.12 bits per heavy atom. The summed E-state index contributed by atoms with van der Waals surface area (Å²) in [5, 5.41) is 24.7. The van der Waals surface area contributed by atoms with E-state index in [0.717, 1.165) is 66.9 Å². The molecule has 11 heteroatoms. The van der Waals surface area contributed by atoms with Gasteiger partial charge in [0.05, 0.1) is 16.8 Å². The van der Waals surface area contributed by atoms with Crippen molar-refractivity contribution in [2.24, 2.45) is 0 Å². The van der Waals surface area contributed by atoms with Crippen molar-refractivity contribution < 1.29 is 15.0 Å². The molecule has 0 saturated carbocycles. The van der Waals surface area contributed by atoms with Crippen molar-refractivity contribution in [2.75, 3.05) is 30.3 Å². The van der Waals surface area contributed by atoms with Gasteiger partial charge in [-0.3, -0.25) is 0 Å². The molecule has 8 nitrogen and oxygen atoms in total. The minimum absolute atomic E-state index is 0.147. The summed E-state index contributed by atoms with van der Waals surface area (Å²) in [5.74, 6) is -0.167. The fourth-order valence-electron chi connectivity index (χ4n) is 4.36. The lowest BCUT2D eigenvalue weighted by Gasteiger charge is -2.34. The second kappa shape index (κ2) is 10.6. The molecule has 1 atom stereocenters. The van der Waals surface area contributed by atoms with Crippen molar-refractivity contribution in [3.05, 3.63) is 44.5 Å². The van der Waals surface area contributed by atoms with Crippen LogP contribution in [0.5, 0.6) is 0 Å². The van der Waals surface area contributed by atoms with Gasteiger partial charge in [0.1, 0.15) is 20.7 Å². The number of carboxylic acids is 1. The summed E-state index contributed by atoms with van der Waals surface area (Å²) in [7, 11) is 0. The van der Waals surface area contributed by atoms with Gasteiger partial charge in [-0.05, 0) is 37.0 Å². The van der Waals surface area contributed by atoms with E-state index in [1.54, 1.807) is 6.07 Å². The average Bonchev–Trinajstić information content (AvgIpc) is 3.16. The van der Waals surface area contributed by atoms with Gasteiger partial charge in [0.25, 0.3) is 0 Å². The van der Waals surface area contributed by atoms with Crippen LogP contribution in [0.15, 0.2) is 18.3 Å². The Morgan fingerprint density at radius 3 is 2.79 bits per heavy atom. The average molecular weight is 524 g/mol. The van der Waals surface area contributed by atoms with E-state index in [0.29, 0.717) is 22.6 Å². The van der Waals surface area contributed by atoms with Crippen LogP contribution in [-0.2, 0) is 6.42 Å². The summed E-state index contributed by atoms with van der Waals surface area (Å²) in [6, 6.07) is 3.97. The van der Waals surface area contributed by atoms with E-state index in [1.807, 2.05) is 6.07 Å². The molecule has 4 heterocycles. The van der Waals surface area contributed by atoms with E-state index in [1.165, 1.54) is 6.20 Å². The van der Waals surface area contributed by atoms with Gasteiger partial charge in [-0.2, -0.15) is 0 Å². The first-order valence-electron chi connectivity index (χ1n) is 11.2. The van der Waals surface area contributed by atoms with Gasteiger partial charge in [-0.1, -0.05) is 36.5 Å². The monoisotopic (exact) mass is 523 g/mol. The Bertz CT molecular complexity index is 1200. The van der Waals surface area contributed by atoms with Crippen LogP contribution in [0.25, 0.3) is 10.2 Å².